The molecule has 2 aromatic carbocycles. The van der Waals surface area contributed by atoms with Crippen LogP contribution < -0.4 is 9.64 Å². The van der Waals surface area contributed by atoms with E-state index in [1.807, 2.05) is 17.9 Å². The molecule has 1 amide bonds. The molecule has 0 aromatic heterocycles. The number of hydrogen-bond donors (Lipinski definition) is 0. The molecule has 1 fully saturated rings. The maximum atomic E-state index is 13.2. The maximum Gasteiger partial charge on any atom is 0.263 e. The van der Waals surface area contributed by atoms with Crippen LogP contribution in [0.15, 0.2) is 36.4 Å². The van der Waals surface area contributed by atoms with Crippen molar-refractivity contribution in [3.8, 4) is 5.75 Å². The third-order valence-electron chi connectivity index (χ3n) is 6.75. The summed E-state index contributed by atoms with van der Waals surface area (Å²) in [6, 6.07) is 12.8. The second kappa shape index (κ2) is 9.11. The molecule has 160 valence electrons. The molecule has 0 bridgehead atoms. The molecule has 0 radical (unpaired) electrons. The Morgan fingerprint density at radius 1 is 1.00 bits per heavy atom. The predicted molar refractivity (Wildman–Crippen MR) is 123 cm³/mol. The first kappa shape index (κ1) is 20.8. The fourth-order valence-electron chi connectivity index (χ4n) is 4.71. The number of carbonyl (C=O) groups is 1. The van der Waals surface area contributed by atoms with Crippen molar-refractivity contribution in [1.29, 1.82) is 0 Å². The lowest BCUT2D eigenvalue weighted by Crippen LogP contribution is -2.52. The number of amides is 1. The van der Waals surface area contributed by atoms with Crippen LogP contribution in [0.2, 0.25) is 0 Å². The van der Waals surface area contributed by atoms with Gasteiger partial charge in [-0.3, -0.25) is 4.79 Å². The van der Waals surface area contributed by atoms with Gasteiger partial charge >= 0.3 is 0 Å². The van der Waals surface area contributed by atoms with Gasteiger partial charge in [-0.1, -0.05) is 25.1 Å². The van der Waals surface area contributed by atoms with Gasteiger partial charge in [-0.2, -0.15) is 0 Å². The highest BCUT2D eigenvalue weighted by atomic mass is 16.5. The van der Waals surface area contributed by atoms with Crippen LogP contribution >= 0.6 is 0 Å². The zero-order chi connectivity index (χ0) is 21.1. The van der Waals surface area contributed by atoms with Crippen LogP contribution in [-0.2, 0) is 17.6 Å². The zero-order valence-electron chi connectivity index (χ0n) is 18.6. The molecule has 1 aliphatic carbocycles. The molecule has 2 aliphatic rings. The Morgan fingerprint density at radius 3 is 2.47 bits per heavy atom. The van der Waals surface area contributed by atoms with Gasteiger partial charge in [0.2, 0.25) is 0 Å². The number of benzene rings is 2. The van der Waals surface area contributed by atoms with E-state index in [4.69, 9.17) is 4.74 Å². The largest absolute Gasteiger partial charge is 0.481 e. The van der Waals surface area contributed by atoms with Crippen molar-refractivity contribution in [3.63, 3.8) is 0 Å². The molecule has 0 unspecified atom stereocenters. The molecule has 4 nitrogen and oxygen atoms in total. The summed E-state index contributed by atoms with van der Waals surface area (Å²) in [7, 11) is 0. The summed E-state index contributed by atoms with van der Waals surface area (Å²) in [4.78, 5) is 17.5. The fraction of sp³-hybridized carbons (Fsp3) is 0.500. The molecule has 0 N–H and O–H groups in total. The first-order chi connectivity index (χ1) is 14.6. The van der Waals surface area contributed by atoms with E-state index >= 15 is 0 Å². The number of fused-ring (bicyclic) bond motifs is 1. The molecule has 0 saturated carbocycles. The van der Waals surface area contributed by atoms with Gasteiger partial charge in [0.05, 0.1) is 0 Å². The summed E-state index contributed by atoms with van der Waals surface area (Å²) in [6.07, 6.45) is 5.09. The fourth-order valence-corrected chi connectivity index (χ4v) is 4.71. The normalized spacial score (nSPS) is 17.4. The topological polar surface area (TPSA) is 32.8 Å². The summed E-state index contributed by atoms with van der Waals surface area (Å²) < 4.78 is 6.19. The van der Waals surface area contributed by atoms with Gasteiger partial charge in [0.25, 0.3) is 5.91 Å². The molecule has 1 atom stereocenters. The van der Waals surface area contributed by atoms with Crippen molar-refractivity contribution in [2.45, 2.75) is 59.0 Å². The van der Waals surface area contributed by atoms with E-state index in [1.165, 1.54) is 40.8 Å². The van der Waals surface area contributed by atoms with E-state index in [2.05, 4.69) is 49.1 Å². The van der Waals surface area contributed by atoms with Gasteiger partial charge in [-0.25, -0.2) is 0 Å². The van der Waals surface area contributed by atoms with Crippen LogP contribution in [-0.4, -0.2) is 43.1 Å². The maximum absolute atomic E-state index is 13.2. The van der Waals surface area contributed by atoms with Crippen LogP contribution in [0.25, 0.3) is 0 Å². The number of rotatable bonds is 5. The van der Waals surface area contributed by atoms with E-state index < -0.39 is 6.10 Å². The monoisotopic (exact) mass is 406 g/mol. The number of nitrogens with zero attached hydrogens (tertiary/aromatic N) is 2. The van der Waals surface area contributed by atoms with Crippen LogP contribution in [0.1, 0.15) is 48.4 Å². The lowest BCUT2D eigenvalue weighted by Gasteiger charge is -2.38. The minimum atomic E-state index is -0.404. The van der Waals surface area contributed by atoms with Crippen LogP contribution in [0.3, 0.4) is 0 Å². The molecule has 1 heterocycles. The number of aryl methyl sites for hydroxylation is 3. The average molecular weight is 407 g/mol. The Bertz CT molecular complexity index is 900. The van der Waals surface area contributed by atoms with E-state index in [9.17, 15) is 4.79 Å². The first-order valence-electron chi connectivity index (χ1n) is 11.4. The van der Waals surface area contributed by atoms with E-state index in [0.717, 1.165) is 44.8 Å². The third-order valence-corrected chi connectivity index (χ3v) is 6.75. The van der Waals surface area contributed by atoms with Crippen LogP contribution in [0.5, 0.6) is 5.75 Å². The Hall–Kier alpha value is -2.49. The van der Waals surface area contributed by atoms with Crippen molar-refractivity contribution >= 4 is 11.6 Å². The molecule has 4 heteroatoms. The van der Waals surface area contributed by atoms with Crippen molar-refractivity contribution in [2.75, 3.05) is 31.1 Å². The predicted octanol–water partition coefficient (Wildman–Crippen LogP) is 4.69. The quantitative estimate of drug-likeness (QED) is 0.722. The minimum Gasteiger partial charge on any atom is -0.481 e. The van der Waals surface area contributed by atoms with Gasteiger partial charge in [-0.15, -0.1) is 0 Å². The number of carbonyl (C=O) groups excluding carboxylic acids is 1. The smallest absolute Gasteiger partial charge is 0.263 e. The lowest BCUT2D eigenvalue weighted by atomic mass is 9.92. The molecular formula is C26H34N2O2. The number of hydrogen-bond acceptors (Lipinski definition) is 3. The molecule has 0 spiro atoms. The SMILES string of the molecule is CC[C@@H](Oc1ccc2c(c1)CCCC2)C(=O)N1CCN(c2cccc(C)c2C)CC1. The van der Waals surface area contributed by atoms with Gasteiger partial charge in [0.1, 0.15) is 5.75 Å². The Morgan fingerprint density at radius 2 is 1.73 bits per heavy atom. The summed E-state index contributed by atoms with van der Waals surface area (Å²) in [6.45, 7) is 9.60. The van der Waals surface area contributed by atoms with Crippen molar-refractivity contribution in [3.05, 3.63) is 58.7 Å². The molecule has 2 aromatic rings. The zero-order valence-corrected chi connectivity index (χ0v) is 18.6. The molecule has 1 saturated heterocycles. The van der Waals surface area contributed by atoms with Gasteiger partial charge in [0, 0.05) is 31.9 Å². The van der Waals surface area contributed by atoms with Crippen molar-refractivity contribution in [2.24, 2.45) is 0 Å². The van der Waals surface area contributed by atoms with E-state index in [0.29, 0.717) is 6.42 Å². The van der Waals surface area contributed by atoms with Gasteiger partial charge < -0.3 is 14.5 Å². The summed E-state index contributed by atoms with van der Waals surface area (Å²) in [5.41, 5.74) is 6.77. The Kier molecular flexibility index (Phi) is 6.31. The van der Waals surface area contributed by atoms with E-state index in [1.54, 1.807) is 0 Å². The van der Waals surface area contributed by atoms with Gasteiger partial charge in [-0.05, 0) is 86.4 Å². The molecule has 4 rings (SSSR count). The number of piperazine rings is 1. The van der Waals surface area contributed by atoms with Crippen molar-refractivity contribution < 1.29 is 9.53 Å². The highest BCUT2D eigenvalue weighted by molar-refractivity contribution is 5.81. The summed E-state index contributed by atoms with van der Waals surface area (Å²) >= 11 is 0. The Labute approximate surface area is 180 Å². The molecule has 1 aliphatic heterocycles. The number of ether oxygens (including phenoxy) is 1. The highest BCUT2D eigenvalue weighted by Gasteiger charge is 2.28. The number of anilines is 1. The van der Waals surface area contributed by atoms with Crippen LogP contribution in [0, 0.1) is 13.8 Å². The van der Waals surface area contributed by atoms with E-state index in [-0.39, 0.29) is 5.91 Å². The first-order valence-corrected chi connectivity index (χ1v) is 11.4. The lowest BCUT2D eigenvalue weighted by molar-refractivity contribution is -0.139. The second-order valence-corrected chi connectivity index (χ2v) is 8.68. The third kappa shape index (κ3) is 4.33. The summed E-state index contributed by atoms with van der Waals surface area (Å²) in [5.74, 6) is 0.959. The van der Waals surface area contributed by atoms with Crippen LogP contribution in [0.4, 0.5) is 5.69 Å². The second-order valence-electron chi connectivity index (χ2n) is 8.68. The van der Waals surface area contributed by atoms with Gasteiger partial charge in [0.15, 0.2) is 6.10 Å². The summed E-state index contributed by atoms with van der Waals surface area (Å²) in [5, 5.41) is 0. The minimum absolute atomic E-state index is 0.121. The highest BCUT2D eigenvalue weighted by Crippen LogP contribution is 2.27. The average Bonchev–Trinajstić information content (AvgIpc) is 2.79. The Balaban J connectivity index is 1.38. The molecule has 30 heavy (non-hydrogen) atoms. The van der Waals surface area contributed by atoms with Crippen molar-refractivity contribution in [1.82, 2.24) is 4.90 Å². The standard InChI is InChI=1S/C26H34N2O2/c1-4-25(30-23-13-12-21-9-5-6-10-22(21)18-23)26(29)28-16-14-27(15-17-28)24-11-7-8-19(2)20(24)3/h7-8,11-13,18,25H,4-6,9-10,14-17H2,1-3H3/t25-/m1/s1. The molecular weight excluding hydrogens is 372 g/mol.